The van der Waals surface area contributed by atoms with Crippen molar-refractivity contribution in [1.82, 2.24) is 4.98 Å². The zero-order valence-electron chi connectivity index (χ0n) is 10.6. The number of piperidine rings is 1. The van der Waals surface area contributed by atoms with Gasteiger partial charge in [-0.2, -0.15) is 0 Å². The molecule has 0 amide bonds. The Labute approximate surface area is 115 Å². The number of anilines is 1. The van der Waals surface area contributed by atoms with Crippen LogP contribution in [0, 0.1) is 0 Å². The topological polar surface area (TPSA) is 53.4 Å². The van der Waals surface area contributed by atoms with Gasteiger partial charge in [-0.05, 0) is 55.1 Å². The van der Waals surface area contributed by atoms with Crippen LogP contribution in [-0.2, 0) is 0 Å². The number of carbonyl (C=O) groups is 1. The number of rotatable bonds is 2. The first-order valence-corrected chi connectivity index (χ1v) is 6.97. The third-order valence-corrected chi connectivity index (χ3v) is 3.94. The maximum absolute atomic E-state index is 11.3. The van der Waals surface area contributed by atoms with Gasteiger partial charge < -0.3 is 10.0 Å². The van der Waals surface area contributed by atoms with Crippen molar-refractivity contribution in [3.8, 4) is 0 Å². The van der Waals surface area contributed by atoms with Crippen LogP contribution < -0.4 is 4.90 Å². The molecule has 1 fully saturated rings. The van der Waals surface area contributed by atoms with Crippen molar-refractivity contribution in [3.63, 3.8) is 0 Å². The molecule has 5 heteroatoms. The number of aromatic carboxylic acids is 1. The standard InChI is InChI=1S/C13H17BrN2O2/c1-8-4-3-5-9(2)16(8)12-11(13(17)18)6-10(14)7-15-12/h6-9H,3-5H2,1-2H3,(H,17,18)/t8-,9+. The Morgan fingerprint density at radius 1 is 1.44 bits per heavy atom. The van der Waals surface area contributed by atoms with Crippen LogP contribution >= 0.6 is 15.9 Å². The Morgan fingerprint density at radius 3 is 2.61 bits per heavy atom. The lowest BCUT2D eigenvalue weighted by atomic mass is 9.97. The van der Waals surface area contributed by atoms with E-state index in [0.717, 1.165) is 12.8 Å². The van der Waals surface area contributed by atoms with Gasteiger partial charge in [0.15, 0.2) is 0 Å². The molecule has 1 saturated heterocycles. The van der Waals surface area contributed by atoms with Crippen molar-refractivity contribution >= 4 is 27.7 Å². The summed E-state index contributed by atoms with van der Waals surface area (Å²) in [6.45, 7) is 4.26. The summed E-state index contributed by atoms with van der Waals surface area (Å²) in [6, 6.07) is 2.29. The predicted octanol–water partition coefficient (Wildman–Crippen LogP) is 3.31. The lowest BCUT2D eigenvalue weighted by molar-refractivity contribution is 0.0696. The lowest BCUT2D eigenvalue weighted by Crippen LogP contribution is -2.45. The molecular formula is C13H17BrN2O2. The quantitative estimate of drug-likeness (QED) is 0.910. The molecule has 0 bridgehead atoms. The third-order valence-electron chi connectivity index (χ3n) is 3.50. The molecule has 1 aromatic heterocycles. The molecule has 0 unspecified atom stereocenters. The van der Waals surface area contributed by atoms with Crippen LogP contribution in [0.25, 0.3) is 0 Å². The number of aromatic nitrogens is 1. The minimum absolute atomic E-state index is 0.268. The maximum atomic E-state index is 11.3. The van der Waals surface area contributed by atoms with Crippen molar-refractivity contribution in [2.45, 2.75) is 45.2 Å². The molecule has 18 heavy (non-hydrogen) atoms. The monoisotopic (exact) mass is 312 g/mol. The summed E-state index contributed by atoms with van der Waals surface area (Å²) in [4.78, 5) is 17.8. The summed E-state index contributed by atoms with van der Waals surface area (Å²) in [7, 11) is 0. The Hall–Kier alpha value is -1.10. The molecule has 1 aliphatic heterocycles. The van der Waals surface area contributed by atoms with E-state index in [0.29, 0.717) is 22.4 Å². The van der Waals surface area contributed by atoms with E-state index < -0.39 is 5.97 Å². The van der Waals surface area contributed by atoms with E-state index in [4.69, 9.17) is 0 Å². The average Bonchev–Trinajstić information content (AvgIpc) is 2.30. The van der Waals surface area contributed by atoms with Crippen molar-refractivity contribution < 1.29 is 9.90 Å². The van der Waals surface area contributed by atoms with Gasteiger partial charge in [-0.25, -0.2) is 9.78 Å². The predicted molar refractivity (Wildman–Crippen MR) is 74.2 cm³/mol. The normalized spacial score (nSPS) is 24.1. The fourth-order valence-corrected chi connectivity index (χ4v) is 2.97. The second-order valence-corrected chi connectivity index (χ2v) is 5.78. The summed E-state index contributed by atoms with van der Waals surface area (Å²) in [5, 5.41) is 9.31. The van der Waals surface area contributed by atoms with Crippen molar-refractivity contribution in [2.75, 3.05) is 4.90 Å². The summed E-state index contributed by atoms with van der Waals surface area (Å²) < 4.78 is 0.695. The van der Waals surface area contributed by atoms with Crippen LogP contribution in [0.1, 0.15) is 43.5 Å². The van der Waals surface area contributed by atoms with Crippen LogP contribution in [0.3, 0.4) is 0 Å². The number of nitrogens with zero attached hydrogens (tertiary/aromatic N) is 2. The third kappa shape index (κ3) is 2.51. The molecule has 0 radical (unpaired) electrons. The fraction of sp³-hybridized carbons (Fsp3) is 0.538. The van der Waals surface area contributed by atoms with Crippen LogP contribution in [0.5, 0.6) is 0 Å². The van der Waals surface area contributed by atoms with Gasteiger partial charge >= 0.3 is 5.97 Å². The second kappa shape index (κ2) is 5.26. The minimum atomic E-state index is -0.927. The number of hydrogen-bond acceptors (Lipinski definition) is 3. The number of hydrogen-bond donors (Lipinski definition) is 1. The van der Waals surface area contributed by atoms with Crippen LogP contribution in [0.4, 0.5) is 5.82 Å². The first-order valence-electron chi connectivity index (χ1n) is 6.18. The first-order chi connectivity index (χ1) is 8.50. The fourth-order valence-electron chi connectivity index (χ4n) is 2.63. The Bertz CT molecular complexity index is 454. The Morgan fingerprint density at radius 2 is 2.06 bits per heavy atom. The van der Waals surface area contributed by atoms with E-state index in [1.165, 1.54) is 6.42 Å². The van der Waals surface area contributed by atoms with E-state index in [2.05, 4.69) is 39.7 Å². The Kier molecular flexibility index (Phi) is 3.90. The van der Waals surface area contributed by atoms with Crippen LogP contribution in [0.2, 0.25) is 0 Å². The molecule has 0 spiro atoms. The van der Waals surface area contributed by atoms with Gasteiger partial charge in [0.1, 0.15) is 11.4 Å². The van der Waals surface area contributed by atoms with Crippen LogP contribution in [-0.4, -0.2) is 28.1 Å². The van der Waals surface area contributed by atoms with E-state index in [9.17, 15) is 9.90 Å². The number of halogens is 1. The first kappa shape index (κ1) is 13.3. The van der Waals surface area contributed by atoms with Gasteiger partial charge in [-0.15, -0.1) is 0 Å². The van der Waals surface area contributed by atoms with E-state index in [1.54, 1.807) is 12.3 Å². The molecule has 0 saturated carbocycles. The average molecular weight is 313 g/mol. The lowest BCUT2D eigenvalue weighted by Gasteiger charge is -2.40. The van der Waals surface area contributed by atoms with E-state index in [1.807, 2.05) is 0 Å². The molecule has 1 aromatic rings. The molecule has 2 rings (SSSR count). The zero-order chi connectivity index (χ0) is 13.3. The Balaban J connectivity index is 2.45. The smallest absolute Gasteiger partial charge is 0.339 e. The highest BCUT2D eigenvalue weighted by Crippen LogP contribution is 2.31. The van der Waals surface area contributed by atoms with Crippen molar-refractivity contribution in [1.29, 1.82) is 0 Å². The van der Waals surface area contributed by atoms with Gasteiger partial charge in [0.2, 0.25) is 0 Å². The largest absolute Gasteiger partial charge is 0.478 e. The van der Waals surface area contributed by atoms with E-state index in [-0.39, 0.29) is 5.56 Å². The van der Waals surface area contributed by atoms with Gasteiger partial charge in [-0.3, -0.25) is 0 Å². The SMILES string of the molecule is C[C@@H]1CCC[C@H](C)N1c1ncc(Br)cc1C(=O)O. The number of carboxylic acid groups (broad SMARTS) is 1. The molecule has 0 aliphatic carbocycles. The van der Waals surface area contributed by atoms with Gasteiger partial charge in [0.05, 0.1) is 0 Å². The number of carboxylic acids is 1. The van der Waals surface area contributed by atoms with Crippen molar-refractivity contribution in [3.05, 3.63) is 22.3 Å². The van der Waals surface area contributed by atoms with Gasteiger partial charge in [-0.1, -0.05) is 0 Å². The summed E-state index contributed by atoms with van der Waals surface area (Å²) >= 11 is 3.27. The molecule has 2 heterocycles. The highest BCUT2D eigenvalue weighted by molar-refractivity contribution is 9.10. The zero-order valence-corrected chi connectivity index (χ0v) is 12.1. The second-order valence-electron chi connectivity index (χ2n) is 4.87. The molecule has 2 atom stereocenters. The molecule has 0 aromatic carbocycles. The van der Waals surface area contributed by atoms with E-state index >= 15 is 0 Å². The summed E-state index contributed by atoms with van der Waals surface area (Å²) in [6.07, 6.45) is 5.02. The molecule has 1 aliphatic rings. The molecule has 4 nitrogen and oxygen atoms in total. The molecule has 1 N–H and O–H groups in total. The summed E-state index contributed by atoms with van der Waals surface area (Å²) in [5.41, 5.74) is 0.268. The number of pyridine rings is 1. The maximum Gasteiger partial charge on any atom is 0.339 e. The summed E-state index contributed by atoms with van der Waals surface area (Å²) in [5.74, 6) is -0.339. The van der Waals surface area contributed by atoms with Gasteiger partial charge in [0, 0.05) is 22.8 Å². The molecular weight excluding hydrogens is 296 g/mol. The van der Waals surface area contributed by atoms with Gasteiger partial charge in [0.25, 0.3) is 0 Å². The van der Waals surface area contributed by atoms with Crippen LogP contribution in [0.15, 0.2) is 16.7 Å². The highest BCUT2D eigenvalue weighted by atomic mass is 79.9. The molecule has 98 valence electrons. The minimum Gasteiger partial charge on any atom is -0.478 e. The van der Waals surface area contributed by atoms with Crippen molar-refractivity contribution in [2.24, 2.45) is 0 Å². The highest BCUT2D eigenvalue weighted by Gasteiger charge is 2.29.